The number of carbonyl (C=O) groups is 1. The summed E-state index contributed by atoms with van der Waals surface area (Å²) in [6, 6.07) is 6.17. The molecule has 5 nitrogen and oxygen atoms in total. The summed E-state index contributed by atoms with van der Waals surface area (Å²) >= 11 is 3.13. The van der Waals surface area contributed by atoms with Crippen LogP contribution in [0.3, 0.4) is 0 Å². The molecule has 4 heterocycles. The van der Waals surface area contributed by atoms with Crippen molar-refractivity contribution >= 4 is 28.6 Å². The SMILES string of the molecule is O=C(c1cnc(-c2cccs2)s1)N1CCC[C@H]1Cn1cccn1. The average Bonchev–Trinajstić information content (AvgIpc) is 3.33. The Bertz CT molecular complexity index is 779. The molecule has 1 aliphatic rings. The second-order valence-corrected chi connectivity index (χ2v) is 7.51. The van der Waals surface area contributed by atoms with E-state index in [1.54, 1.807) is 23.7 Å². The fourth-order valence-electron chi connectivity index (χ4n) is 2.95. The van der Waals surface area contributed by atoms with Crippen molar-refractivity contribution in [3.8, 4) is 9.88 Å². The lowest BCUT2D eigenvalue weighted by Gasteiger charge is -2.24. The zero-order valence-corrected chi connectivity index (χ0v) is 14.1. The third kappa shape index (κ3) is 2.94. The Morgan fingerprint density at radius 1 is 1.39 bits per heavy atom. The molecular formula is C16H16N4OS2. The highest BCUT2D eigenvalue weighted by molar-refractivity contribution is 7.21. The summed E-state index contributed by atoms with van der Waals surface area (Å²) in [6.45, 7) is 1.58. The van der Waals surface area contributed by atoms with Crippen molar-refractivity contribution in [1.29, 1.82) is 0 Å². The number of thiophene rings is 1. The zero-order valence-electron chi connectivity index (χ0n) is 12.5. The maximum Gasteiger partial charge on any atom is 0.265 e. The Labute approximate surface area is 142 Å². The van der Waals surface area contributed by atoms with Crippen molar-refractivity contribution in [3.63, 3.8) is 0 Å². The molecule has 7 heteroatoms. The molecule has 4 rings (SSSR count). The Morgan fingerprint density at radius 2 is 2.35 bits per heavy atom. The van der Waals surface area contributed by atoms with Crippen LogP contribution in [-0.2, 0) is 6.54 Å². The molecule has 1 aliphatic heterocycles. The fourth-order valence-corrected chi connectivity index (χ4v) is 4.62. The number of hydrogen-bond acceptors (Lipinski definition) is 5. The van der Waals surface area contributed by atoms with Crippen LogP contribution in [0.2, 0.25) is 0 Å². The number of aromatic nitrogens is 3. The molecule has 118 valence electrons. The van der Waals surface area contributed by atoms with Gasteiger partial charge in [-0.05, 0) is 30.4 Å². The zero-order chi connectivity index (χ0) is 15.6. The van der Waals surface area contributed by atoms with Crippen LogP contribution in [0.15, 0.2) is 42.2 Å². The molecule has 0 spiro atoms. The van der Waals surface area contributed by atoms with Crippen LogP contribution in [0.1, 0.15) is 22.5 Å². The van der Waals surface area contributed by atoms with Crippen LogP contribution in [-0.4, -0.2) is 38.2 Å². The van der Waals surface area contributed by atoms with Crippen LogP contribution in [0.5, 0.6) is 0 Å². The molecule has 0 bridgehead atoms. The molecule has 0 saturated carbocycles. The number of likely N-dealkylation sites (tertiary alicyclic amines) is 1. The smallest absolute Gasteiger partial charge is 0.265 e. The average molecular weight is 344 g/mol. The van der Waals surface area contributed by atoms with Gasteiger partial charge in [0.1, 0.15) is 9.88 Å². The number of amides is 1. The highest BCUT2D eigenvalue weighted by atomic mass is 32.1. The minimum atomic E-state index is 0.0972. The predicted octanol–water partition coefficient (Wildman–Crippen LogP) is 3.37. The highest BCUT2D eigenvalue weighted by Crippen LogP contribution is 2.30. The van der Waals surface area contributed by atoms with Gasteiger partial charge in [0.25, 0.3) is 5.91 Å². The first kappa shape index (κ1) is 14.6. The van der Waals surface area contributed by atoms with Crippen LogP contribution in [0.25, 0.3) is 9.88 Å². The van der Waals surface area contributed by atoms with Crippen LogP contribution in [0.4, 0.5) is 0 Å². The summed E-state index contributed by atoms with van der Waals surface area (Å²) in [5.41, 5.74) is 0. The second-order valence-electron chi connectivity index (χ2n) is 5.53. The molecular weight excluding hydrogens is 328 g/mol. The summed E-state index contributed by atoms with van der Waals surface area (Å²) in [4.78, 5) is 21.1. The van der Waals surface area contributed by atoms with Gasteiger partial charge in [0, 0.05) is 18.9 Å². The van der Waals surface area contributed by atoms with E-state index in [0.717, 1.165) is 40.7 Å². The first-order valence-corrected chi connectivity index (χ1v) is 9.29. The maximum absolute atomic E-state index is 12.8. The number of thiazole rings is 1. The Balaban J connectivity index is 1.51. The third-order valence-electron chi connectivity index (χ3n) is 4.04. The number of hydrogen-bond donors (Lipinski definition) is 0. The van der Waals surface area contributed by atoms with E-state index < -0.39 is 0 Å². The summed E-state index contributed by atoms with van der Waals surface area (Å²) in [5.74, 6) is 0.0972. The summed E-state index contributed by atoms with van der Waals surface area (Å²) < 4.78 is 1.90. The van der Waals surface area contributed by atoms with Gasteiger partial charge in [-0.1, -0.05) is 6.07 Å². The number of rotatable bonds is 4. The molecule has 1 saturated heterocycles. The Hall–Kier alpha value is -1.99. The number of nitrogens with zero attached hydrogens (tertiary/aromatic N) is 4. The van der Waals surface area contributed by atoms with Gasteiger partial charge in [0.15, 0.2) is 0 Å². The molecule has 0 aromatic carbocycles. The third-order valence-corrected chi connectivity index (χ3v) is 6.07. The van der Waals surface area contributed by atoms with E-state index in [-0.39, 0.29) is 11.9 Å². The molecule has 3 aromatic rings. The largest absolute Gasteiger partial charge is 0.333 e. The van der Waals surface area contributed by atoms with Gasteiger partial charge in [-0.15, -0.1) is 22.7 Å². The lowest BCUT2D eigenvalue weighted by Crippen LogP contribution is -2.37. The maximum atomic E-state index is 12.8. The molecule has 1 amide bonds. The fraction of sp³-hybridized carbons (Fsp3) is 0.312. The molecule has 0 N–H and O–H groups in total. The van der Waals surface area contributed by atoms with Crippen molar-refractivity contribution in [3.05, 3.63) is 47.0 Å². The Morgan fingerprint density at radius 3 is 3.13 bits per heavy atom. The molecule has 1 fully saturated rings. The second kappa shape index (κ2) is 6.25. The quantitative estimate of drug-likeness (QED) is 0.729. The van der Waals surface area contributed by atoms with Crippen LogP contribution < -0.4 is 0 Å². The molecule has 0 radical (unpaired) electrons. The van der Waals surface area contributed by atoms with Crippen LogP contribution in [0, 0.1) is 0 Å². The van der Waals surface area contributed by atoms with Gasteiger partial charge in [0.2, 0.25) is 0 Å². The van der Waals surface area contributed by atoms with Crippen molar-refractivity contribution in [1.82, 2.24) is 19.7 Å². The first-order chi connectivity index (χ1) is 11.3. The normalized spacial score (nSPS) is 17.7. The minimum absolute atomic E-state index is 0.0972. The molecule has 3 aromatic heterocycles. The van der Waals surface area contributed by atoms with E-state index in [9.17, 15) is 4.79 Å². The van der Waals surface area contributed by atoms with Gasteiger partial charge >= 0.3 is 0 Å². The van der Waals surface area contributed by atoms with Crippen molar-refractivity contribution in [2.75, 3.05) is 6.54 Å². The predicted molar refractivity (Wildman–Crippen MR) is 91.7 cm³/mol. The van der Waals surface area contributed by atoms with Gasteiger partial charge < -0.3 is 4.90 Å². The van der Waals surface area contributed by atoms with Gasteiger partial charge in [-0.2, -0.15) is 5.10 Å². The standard InChI is InChI=1S/C16H16N4OS2/c21-16(14-10-17-15(23-14)13-5-2-9-22-13)20-8-1-4-12(20)11-19-7-3-6-18-19/h2-3,5-7,9-10,12H,1,4,8,11H2/t12-/m0/s1. The van der Waals surface area contributed by atoms with Crippen molar-refractivity contribution < 1.29 is 4.79 Å². The first-order valence-electron chi connectivity index (χ1n) is 7.59. The Kier molecular flexibility index (Phi) is 3.97. The summed E-state index contributed by atoms with van der Waals surface area (Å²) in [6.07, 6.45) is 7.52. The van der Waals surface area contributed by atoms with E-state index in [0.29, 0.717) is 0 Å². The molecule has 0 aliphatic carbocycles. The lowest BCUT2D eigenvalue weighted by atomic mass is 10.2. The number of carbonyl (C=O) groups excluding carboxylic acids is 1. The monoisotopic (exact) mass is 344 g/mol. The molecule has 1 atom stereocenters. The molecule has 23 heavy (non-hydrogen) atoms. The summed E-state index contributed by atoms with van der Waals surface area (Å²) in [5, 5.41) is 7.20. The minimum Gasteiger partial charge on any atom is -0.333 e. The van der Waals surface area contributed by atoms with E-state index in [2.05, 4.69) is 10.1 Å². The van der Waals surface area contributed by atoms with Gasteiger partial charge in [-0.3, -0.25) is 9.48 Å². The van der Waals surface area contributed by atoms with E-state index >= 15 is 0 Å². The lowest BCUT2D eigenvalue weighted by molar-refractivity contribution is 0.0726. The van der Waals surface area contributed by atoms with E-state index in [4.69, 9.17) is 0 Å². The van der Waals surface area contributed by atoms with E-state index in [1.165, 1.54) is 11.3 Å². The summed E-state index contributed by atoms with van der Waals surface area (Å²) in [7, 11) is 0. The van der Waals surface area contributed by atoms with Crippen molar-refractivity contribution in [2.45, 2.75) is 25.4 Å². The molecule has 0 unspecified atom stereocenters. The van der Waals surface area contributed by atoms with Crippen LogP contribution >= 0.6 is 22.7 Å². The van der Waals surface area contributed by atoms with Gasteiger partial charge in [-0.25, -0.2) is 4.98 Å². The van der Waals surface area contributed by atoms with E-state index in [1.807, 2.05) is 39.4 Å². The van der Waals surface area contributed by atoms with Crippen molar-refractivity contribution in [2.24, 2.45) is 0 Å². The highest BCUT2D eigenvalue weighted by Gasteiger charge is 2.30. The van der Waals surface area contributed by atoms with Gasteiger partial charge in [0.05, 0.1) is 23.7 Å². The topological polar surface area (TPSA) is 51.0 Å².